The first-order valence-electron chi connectivity index (χ1n) is 5.65. The highest BCUT2D eigenvalue weighted by molar-refractivity contribution is 9.10. The standard InChI is InChI=1S/C13H15BrO3/c1-16-12-10(14)7-8-5-3-4-6-9(8)11(12)13(15)17-2/h7H,3-6H2,1-2H3. The largest absolute Gasteiger partial charge is 0.495 e. The number of ether oxygens (including phenoxy) is 2. The van der Waals surface area contributed by atoms with E-state index in [1.165, 1.54) is 19.1 Å². The molecule has 0 unspecified atom stereocenters. The summed E-state index contributed by atoms with van der Waals surface area (Å²) in [6.45, 7) is 0. The average molecular weight is 299 g/mol. The van der Waals surface area contributed by atoms with Gasteiger partial charge in [-0.2, -0.15) is 0 Å². The quantitative estimate of drug-likeness (QED) is 0.787. The SMILES string of the molecule is COC(=O)c1c2c(cc(Br)c1OC)CCCC2. The number of halogens is 1. The van der Waals surface area contributed by atoms with Gasteiger partial charge in [0.15, 0.2) is 0 Å². The van der Waals surface area contributed by atoms with Crippen LogP contribution in [0.25, 0.3) is 0 Å². The summed E-state index contributed by atoms with van der Waals surface area (Å²) in [6, 6.07) is 2.06. The van der Waals surface area contributed by atoms with Crippen molar-refractivity contribution in [2.45, 2.75) is 25.7 Å². The minimum Gasteiger partial charge on any atom is -0.495 e. The van der Waals surface area contributed by atoms with Gasteiger partial charge < -0.3 is 9.47 Å². The van der Waals surface area contributed by atoms with E-state index in [0.29, 0.717) is 11.3 Å². The number of hydrogen-bond acceptors (Lipinski definition) is 3. The fourth-order valence-electron chi connectivity index (χ4n) is 2.37. The molecule has 0 radical (unpaired) electrons. The predicted molar refractivity (Wildman–Crippen MR) is 68.7 cm³/mol. The zero-order valence-electron chi connectivity index (χ0n) is 10.0. The van der Waals surface area contributed by atoms with Crippen molar-refractivity contribution in [3.05, 3.63) is 27.2 Å². The van der Waals surface area contributed by atoms with Crippen LogP contribution in [0.15, 0.2) is 10.5 Å². The number of carbonyl (C=O) groups is 1. The lowest BCUT2D eigenvalue weighted by atomic mass is 9.88. The zero-order valence-corrected chi connectivity index (χ0v) is 11.6. The number of esters is 1. The Kier molecular flexibility index (Phi) is 3.72. The van der Waals surface area contributed by atoms with E-state index in [0.717, 1.165) is 29.3 Å². The van der Waals surface area contributed by atoms with Crippen LogP contribution in [0.5, 0.6) is 5.75 Å². The number of carbonyl (C=O) groups excluding carboxylic acids is 1. The van der Waals surface area contributed by atoms with Crippen molar-refractivity contribution in [3.8, 4) is 5.75 Å². The van der Waals surface area contributed by atoms with E-state index < -0.39 is 0 Å². The Balaban J connectivity index is 2.65. The molecular weight excluding hydrogens is 284 g/mol. The van der Waals surface area contributed by atoms with Crippen LogP contribution >= 0.6 is 15.9 Å². The highest BCUT2D eigenvalue weighted by atomic mass is 79.9. The Morgan fingerprint density at radius 2 is 2.00 bits per heavy atom. The van der Waals surface area contributed by atoms with Crippen molar-refractivity contribution < 1.29 is 14.3 Å². The molecule has 0 saturated carbocycles. The van der Waals surface area contributed by atoms with Crippen LogP contribution in [0.1, 0.15) is 34.3 Å². The normalized spacial score (nSPS) is 14.1. The number of aryl methyl sites for hydroxylation is 1. The van der Waals surface area contributed by atoms with Gasteiger partial charge in [-0.25, -0.2) is 4.79 Å². The van der Waals surface area contributed by atoms with Gasteiger partial charge in [0.05, 0.1) is 18.7 Å². The molecule has 0 N–H and O–H groups in total. The summed E-state index contributed by atoms with van der Waals surface area (Å²) in [4.78, 5) is 11.9. The van der Waals surface area contributed by atoms with Crippen molar-refractivity contribution in [2.75, 3.05) is 14.2 Å². The van der Waals surface area contributed by atoms with Gasteiger partial charge in [0, 0.05) is 0 Å². The molecular formula is C13H15BrO3. The Morgan fingerprint density at radius 1 is 1.29 bits per heavy atom. The Hall–Kier alpha value is -1.03. The second-order valence-electron chi connectivity index (χ2n) is 4.10. The van der Waals surface area contributed by atoms with Crippen molar-refractivity contribution >= 4 is 21.9 Å². The highest BCUT2D eigenvalue weighted by Gasteiger charge is 2.25. The third-order valence-electron chi connectivity index (χ3n) is 3.15. The molecule has 0 aliphatic heterocycles. The molecule has 3 nitrogen and oxygen atoms in total. The van der Waals surface area contributed by atoms with Crippen LogP contribution in [-0.2, 0) is 17.6 Å². The summed E-state index contributed by atoms with van der Waals surface area (Å²) < 4.78 is 11.0. The molecule has 92 valence electrons. The van der Waals surface area contributed by atoms with Crippen molar-refractivity contribution in [1.82, 2.24) is 0 Å². The maximum absolute atomic E-state index is 11.9. The van der Waals surface area contributed by atoms with E-state index in [4.69, 9.17) is 9.47 Å². The van der Waals surface area contributed by atoms with Gasteiger partial charge in [-0.05, 0) is 58.8 Å². The molecule has 1 aliphatic carbocycles. The lowest BCUT2D eigenvalue weighted by molar-refractivity contribution is 0.0595. The van der Waals surface area contributed by atoms with Crippen LogP contribution in [0.2, 0.25) is 0 Å². The molecule has 4 heteroatoms. The number of fused-ring (bicyclic) bond motifs is 1. The third kappa shape index (κ3) is 2.18. The maximum atomic E-state index is 11.9. The molecule has 0 saturated heterocycles. The van der Waals surface area contributed by atoms with E-state index >= 15 is 0 Å². The molecule has 0 spiro atoms. The summed E-state index contributed by atoms with van der Waals surface area (Å²) >= 11 is 3.45. The van der Waals surface area contributed by atoms with Crippen LogP contribution in [0, 0.1) is 0 Å². The topological polar surface area (TPSA) is 35.5 Å². The van der Waals surface area contributed by atoms with Gasteiger partial charge in [-0.1, -0.05) is 0 Å². The predicted octanol–water partition coefficient (Wildman–Crippen LogP) is 3.12. The number of hydrogen-bond donors (Lipinski definition) is 0. The first-order valence-corrected chi connectivity index (χ1v) is 6.45. The average Bonchev–Trinajstić information content (AvgIpc) is 2.36. The second-order valence-corrected chi connectivity index (χ2v) is 4.96. The first-order chi connectivity index (χ1) is 8.19. The molecule has 0 heterocycles. The molecule has 0 aromatic heterocycles. The van der Waals surface area contributed by atoms with Crippen molar-refractivity contribution in [1.29, 1.82) is 0 Å². The van der Waals surface area contributed by atoms with Gasteiger partial charge in [0.1, 0.15) is 11.3 Å². The summed E-state index contributed by atoms with van der Waals surface area (Å²) in [6.07, 6.45) is 4.22. The molecule has 0 amide bonds. The number of rotatable bonds is 2. The minimum absolute atomic E-state index is 0.318. The second kappa shape index (κ2) is 5.08. The zero-order chi connectivity index (χ0) is 12.4. The van der Waals surface area contributed by atoms with Crippen molar-refractivity contribution in [3.63, 3.8) is 0 Å². The molecule has 2 rings (SSSR count). The summed E-state index contributed by atoms with van der Waals surface area (Å²) in [7, 11) is 2.97. The van der Waals surface area contributed by atoms with Crippen LogP contribution < -0.4 is 4.74 Å². The van der Waals surface area contributed by atoms with Gasteiger partial charge in [-0.3, -0.25) is 0 Å². The summed E-state index contributed by atoms with van der Waals surface area (Å²) in [5.74, 6) is 0.263. The lowest BCUT2D eigenvalue weighted by Gasteiger charge is -2.21. The van der Waals surface area contributed by atoms with E-state index in [2.05, 4.69) is 22.0 Å². The molecule has 17 heavy (non-hydrogen) atoms. The molecule has 1 aliphatic rings. The van der Waals surface area contributed by atoms with Crippen LogP contribution in [0.4, 0.5) is 0 Å². The fraction of sp³-hybridized carbons (Fsp3) is 0.462. The van der Waals surface area contributed by atoms with Gasteiger partial charge >= 0.3 is 5.97 Å². The summed E-state index contributed by atoms with van der Waals surface area (Å²) in [5, 5.41) is 0. The van der Waals surface area contributed by atoms with E-state index in [1.54, 1.807) is 7.11 Å². The molecule has 1 aromatic rings. The molecule has 1 aromatic carbocycles. The van der Waals surface area contributed by atoms with E-state index in [1.807, 2.05) is 0 Å². The lowest BCUT2D eigenvalue weighted by Crippen LogP contribution is -2.14. The van der Waals surface area contributed by atoms with Gasteiger partial charge in [0.25, 0.3) is 0 Å². The van der Waals surface area contributed by atoms with Gasteiger partial charge in [0.2, 0.25) is 0 Å². The van der Waals surface area contributed by atoms with E-state index in [-0.39, 0.29) is 5.97 Å². The molecule has 0 bridgehead atoms. The third-order valence-corrected chi connectivity index (χ3v) is 3.74. The number of methoxy groups -OCH3 is 2. The van der Waals surface area contributed by atoms with E-state index in [9.17, 15) is 4.79 Å². The Morgan fingerprint density at radius 3 is 2.65 bits per heavy atom. The fourth-order valence-corrected chi connectivity index (χ4v) is 3.00. The van der Waals surface area contributed by atoms with Gasteiger partial charge in [-0.15, -0.1) is 0 Å². The Bertz CT molecular complexity index is 454. The number of benzene rings is 1. The highest BCUT2D eigenvalue weighted by Crippen LogP contribution is 2.37. The maximum Gasteiger partial charge on any atom is 0.341 e. The monoisotopic (exact) mass is 298 g/mol. The Labute approximate surface area is 109 Å². The molecule has 0 atom stereocenters. The first kappa shape index (κ1) is 12.4. The summed E-state index contributed by atoms with van der Waals surface area (Å²) in [5.41, 5.74) is 2.89. The molecule has 0 fully saturated rings. The minimum atomic E-state index is -0.318. The van der Waals surface area contributed by atoms with Crippen LogP contribution in [-0.4, -0.2) is 20.2 Å². The van der Waals surface area contributed by atoms with Crippen molar-refractivity contribution in [2.24, 2.45) is 0 Å². The van der Waals surface area contributed by atoms with Crippen LogP contribution in [0.3, 0.4) is 0 Å². The smallest absolute Gasteiger partial charge is 0.341 e.